The fourth-order valence-corrected chi connectivity index (χ4v) is 2.04. The maximum atomic E-state index is 11.6. The quantitative estimate of drug-likeness (QED) is 0.771. The van der Waals surface area contributed by atoms with Gasteiger partial charge in [-0.15, -0.1) is 0 Å². The number of anilines is 1. The first-order valence-corrected chi connectivity index (χ1v) is 6.97. The van der Waals surface area contributed by atoms with Crippen molar-refractivity contribution in [1.82, 2.24) is 15.3 Å². The molecule has 19 heavy (non-hydrogen) atoms. The van der Waals surface area contributed by atoms with Crippen molar-refractivity contribution in [3.63, 3.8) is 0 Å². The molecule has 2 heterocycles. The predicted molar refractivity (Wildman–Crippen MR) is 77.4 cm³/mol. The van der Waals surface area contributed by atoms with E-state index in [-0.39, 0.29) is 11.1 Å². The molecule has 5 nitrogen and oxygen atoms in total. The molecule has 0 saturated carbocycles. The molecule has 0 bridgehead atoms. The molecule has 1 aliphatic heterocycles. The van der Waals surface area contributed by atoms with Crippen LogP contribution in [0, 0.1) is 11.3 Å². The summed E-state index contributed by atoms with van der Waals surface area (Å²) in [5.41, 5.74) is 2.03. The third-order valence-electron chi connectivity index (χ3n) is 4.25. The van der Waals surface area contributed by atoms with Crippen LogP contribution in [0.25, 0.3) is 0 Å². The van der Waals surface area contributed by atoms with Gasteiger partial charge < -0.3 is 15.6 Å². The Balaban J connectivity index is 2.21. The van der Waals surface area contributed by atoms with E-state index < -0.39 is 0 Å². The second kappa shape index (κ2) is 5.33. The first-order chi connectivity index (χ1) is 8.90. The lowest BCUT2D eigenvalue weighted by atomic mass is 9.81. The van der Waals surface area contributed by atoms with Crippen LogP contribution in [0.5, 0.6) is 0 Å². The van der Waals surface area contributed by atoms with Crippen LogP contribution in [-0.4, -0.2) is 23.1 Å². The van der Waals surface area contributed by atoms with E-state index >= 15 is 0 Å². The summed E-state index contributed by atoms with van der Waals surface area (Å²) in [6.07, 6.45) is 0.856. The highest BCUT2D eigenvalue weighted by molar-refractivity contribution is 5.47. The molecule has 0 aromatic carbocycles. The van der Waals surface area contributed by atoms with Gasteiger partial charge in [0, 0.05) is 37.3 Å². The van der Waals surface area contributed by atoms with E-state index in [0.717, 1.165) is 43.1 Å². The minimum Gasteiger partial charge on any atom is -0.369 e. The highest BCUT2D eigenvalue weighted by Gasteiger charge is 2.23. The zero-order valence-electron chi connectivity index (χ0n) is 12.3. The smallest absolute Gasteiger partial charge is 0.347 e. The molecular formula is C14H24N4O. The van der Waals surface area contributed by atoms with Crippen LogP contribution in [0.3, 0.4) is 0 Å². The zero-order chi connectivity index (χ0) is 14.0. The number of fused-ring (bicyclic) bond motifs is 1. The van der Waals surface area contributed by atoms with Crippen molar-refractivity contribution >= 4 is 5.82 Å². The van der Waals surface area contributed by atoms with Gasteiger partial charge in [-0.3, -0.25) is 0 Å². The van der Waals surface area contributed by atoms with Crippen LogP contribution in [0.4, 0.5) is 5.82 Å². The van der Waals surface area contributed by atoms with Gasteiger partial charge in [0.05, 0.1) is 0 Å². The Morgan fingerprint density at radius 1 is 1.42 bits per heavy atom. The maximum Gasteiger partial charge on any atom is 0.347 e. The van der Waals surface area contributed by atoms with Gasteiger partial charge in [0.2, 0.25) is 0 Å². The molecule has 3 N–H and O–H groups in total. The summed E-state index contributed by atoms with van der Waals surface area (Å²) >= 11 is 0. The van der Waals surface area contributed by atoms with Gasteiger partial charge >= 0.3 is 5.69 Å². The number of hydrogen-bond donors (Lipinski definition) is 3. The van der Waals surface area contributed by atoms with Crippen molar-refractivity contribution in [3.8, 4) is 0 Å². The van der Waals surface area contributed by atoms with Gasteiger partial charge in [0.15, 0.2) is 0 Å². The molecule has 2 rings (SSSR count). The number of nitrogens with zero attached hydrogens (tertiary/aromatic N) is 1. The average molecular weight is 264 g/mol. The minimum absolute atomic E-state index is 0.166. The molecule has 5 heteroatoms. The second-order valence-corrected chi connectivity index (χ2v) is 6.27. The van der Waals surface area contributed by atoms with Gasteiger partial charge in [-0.25, -0.2) is 4.79 Å². The monoisotopic (exact) mass is 264 g/mol. The van der Waals surface area contributed by atoms with Crippen LogP contribution in [0.15, 0.2) is 4.79 Å². The molecule has 1 aromatic rings. The van der Waals surface area contributed by atoms with E-state index in [1.165, 1.54) is 0 Å². The van der Waals surface area contributed by atoms with Crippen LogP contribution in [-0.2, 0) is 13.0 Å². The lowest BCUT2D eigenvalue weighted by Gasteiger charge is -2.30. The topological polar surface area (TPSA) is 69.8 Å². The fraction of sp³-hybridized carbons (Fsp3) is 0.714. The average Bonchev–Trinajstić information content (AvgIpc) is 2.35. The number of aromatic amines is 1. The third kappa shape index (κ3) is 3.15. The Morgan fingerprint density at radius 2 is 2.16 bits per heavy atom. The Hall–Kier alpha value is -1.36. The zero-order valence-corrected chi connectivity index (χ0v) is 12.3. The van der Waals surface area contributed by atoms with Gasteiger partial charge in [0.1, 0.15) is 5.82 Å². The molecule has 106 valence electrons. The Bertz CT molecular complexity index is 505. The Labute approximate surface area is 114 Å². The first-order valence-electron chi connectivity index (χ1n) is 6.97. The van der Waals surface area contributed by atoms with Gasteiger partial charge in [-0.05, 0) is 11.3 Å². The maximum absolute atomic E-state index is 11.6. The van der Waals surface area contributed by atoms with Crippen molar-refractivity contribution in [2.24, 2.45) is 11.3 Å². The fourth-order valence-electron chi connectivity index (χ4n) is 2.04. The van der Waals surface area contributed by atoms with Crippen LogP contribution in [0.2, 0.25) is 0 Å². The van der Waals surface area contributed by atoms with E-state index in [2.05, 4.69) is 48.3 Å². The molecule has 0 saturated heterocycles. The van der Waals surface area contributed by atoms with Gasteiger partial charge in [-0.1, -0.05) is 27.7 Å². The summed E-state index contributed by atoms with van der Waals surface area (Å²) in [4.78, 5) is 18.5. The summed E-state index contributed by atoms with van der Waals surface area (Å²) in [5, 5.41) is 6.68. The molecule has 0 amide bonds. The van der Waals surface area contributed by atoms with Gasteiger partial charge in [0.25, 0.3) is 0 Å². The minimum atomic E-state index is -0.259. The van der Waals surface area contributed by atoms with Crippen molar-refractivity contribution in [1.29, 1.82) is 0 Å². The highest BCUT2D eigenvalue weighted by atomic mass is 16.1. The summed E-state index contributed by atoms with van der Waals surface area (Å²) in [7, 11) is 0. The molecule has 0 unspecified atom stereocenters. The molecule has 0 spiro atoms. The van der Waals surface area contributed by atoms with Crippen LogP contribution < -0.4 is 16.3 Å². The molecule has 1 aliphatic rings. The number of aromatic nitrogens is 2. The summed E-state index contributed by atoms with van der Waals surface area (Å²) in [6, 6.07) is 0. The molecular weight excluding hydrogens is 240 g/mol. The summed E-state index contributed by atoms with van der Waals surface area (Å²) < 4.78 is 0. The SMILES string of the molecule is CC(C)C(C)(C)CNc1nc(=O)[nH]c2c1CNCC2. The van der Waals surface area contributed by atoms with Crippen LogP contribution in [0.1, 0.15) is 39.0 Å². The molecule has 0 radical (unpaired) electrons. The Morgan fingerprint density at radius 3 is 2.84 bits per heavy atom. The van der Waals surface area contributed by atoms with Crippen molar-refractivity contribution < 1.29 is 0 Å². The summed E-state index contributed by atoms with van der Waals surface area (Å²) in [5.74, 6) is 1.30. The summed E-state index contributed by atoms with van der Waals surface area (Å²) in [6.45, 7) is 11.4. The van der Waals surface area contributed by atoms with E-state index in [9.17, 15) is 4.79 Å². The third-order valence-corrected chi connectivity index (χ3v) is 4.25. The number of hydrogen-bond acceptors (Lipinski definition) is 4. The second-order valence-electron chi connectivity index (χ2n) is 6.27. The number of nitrogens with one attached hydrogen (secondary N) is 3. The molecule has 0 aliphatic carbocycles. The largest absolute Gasteiger partial charge is 0.369 e. The van der Waals surface area contributed by atoms with E-state index in [0.29, 0.717) is 5.92 Å². The van der Waals surface area contributed by atoms with E-state index in [1.54, 1.807) is 0 Å². The predicted octanol–water partition coefficient (Wildman–Crippen LogP) is 1.51. The highest BCUT2D eigenvalue weighted by Crippen LogP contribution is 2.27. The first kappa shape index (κ1) is 14.1. The number of H-pyrrole nitrogens is 1. The lowest BCUT2D eigenvalue weighted by Crippen LogP contribution is -2.33. The standard InChI is InChI=1S/C14H24N4O/c1-9(2)14(3,4)8-16-12-10-7-15-6-5-11(10)17-13(19)18-12/h9,15H,5-8H2,1-4H3,(H2,16,17,18,19). The van der Waals surface area contributed by atoms with E-state index in [1.807, 2.05) is 0 Å². The van der Waals surface area contributed by atoms with Gasteiger partial charge in [-0.2, -0.15) is 4.98 Å². The molecule has 0 atom stereocenters. The van der Waals surface area contributed by atoms with Crippen molar-refractivity contribution in [2.45, 2.75) is 40.7 Å². The Kier molecular flexibility index (Phi) is 3.94. The normalized spacial score (nSPS) is 15.4. The number of rotatable bonds is 4. The van der Waals surface area contributed by atoms with Crippen LogP contribution >= 0.6 is 0 Å². The molecule has 1 aromatic heterocycles. The van der Waals surface area contributed by atoms with Crippen molar-refractivity contribution in [3.05, 3.63) is 21.7 Å². The molecule has 0 fully saturated rings. The lowest BCUT2D eigenvalue weighted by molar-refractivity contribution is 0.269. The van der Waals surface area contributed by atoms with E-state index in [4.69, 9.17) is 0 Å². The van der Waals surface area contributed by atoms with Crippen molar-refractivity contribution in [2.75, 3.05) is 18.4 Å².